The fraction of sp³-hybridized carbons (Fsp3) is 0.286. The minimum Gasteiger partial charge on any atom is -0.271 e. The molecule has 1 rings (SSSR count). The van der Waals surface area contributed by atoms with Gasteiger partial charge in [0.2, 0.25) is 0 Å². The number of hydrogen-bond acceptors (Lipinski definition) is 5. The highest BCUT2D eigenvalue weighted by atomic mass is 32.1. The second-order valence-corrected chi connectivity index (χ2v) is 2.94. The van der Waals surface area contributed by atoms with E-state index >= 15 is 0 Å². The lowest BCUT2D eigenvalue weighted by molar-refractivity contribution is -0.141. The molecule has 0 saturated carbocycles. The van der Waals surface area contributed by atoms with Crippen molar-refractivity contribution in [3.8, 4) is 0 Å². The Labute approximate surface area is 85.5 Å². The Morgan fingerprint density at radius 1 is 1.50 bits per heavy atom. The van der Waals surface area contributed by atoms with Crippen molar-refractivity contribution >= 4 is 30.4 Å². The van der Waals surface area contributed by atoms with Gasteiger partial charge in [-0.25, -0.2) is 10.4 Å². The van der Waals surface area contributed by atoms with E-state index < -0.39 is 23.8 Å². The maximum Gasteiger partial charge on any atom is 0.268 e. The van der Waals surface area contributed by atoms with Gasteiger partial charge in [-0.2, -0.15) is 12.6 Å². The highest BCUT2D eigenvalue weighted by molar-refractivity contribution is 7.80. The summed E-state index contributed by atoms with van der Waals surface area (Å²) in [6.07, 6.45) is 2.17. The number of hydrazine groups is 1. The van der Waals surface area contributed by atoms with Crippen LogP contribution >= 0.6 is 12.6 Å². The molecule has 0 fully saturated rings. The van der Waals surface area contributed by atoms with Crippen LogP contribution < -0.4 is 11.2 Å². The standard InChI is InChI=1S/C7H8N3O3S/c8-7(13)4(3-14)9-10-5(11)1-2-6(10)12/h1-2,4,8-9,14H,3H2/t4-/m0/s1. The first-order valence-electron chi connectivity index (χ1n) is 3.75. The molecule has 1 heterocycles. The number of rotatable bonds is 4. The predicted octanol–water partition coefficient (Wildman–Crippen LogP) is -1.48. The highest BCUT2D eigenvalue weighted by Crippen LogP contribution is 2.01. The smallest absolute Gasteiger partial charge is 0.268 e. The Bertz CT molecular complexity index is 297. The van der Waals surface area contributed by atoms with Crippen LogP contribution in [-0.2, 0) is 14.4 Å². The topological polar surface area (TPSA) is 90.3 Å². The summed E-state index contributed by atoms with van der Waals surface area (Å²) in [5.41, 5.74) is 9.13. The first-order valence-corrected chi connectivity index (χ1v) is 4.38. The molecule has 1 radical (unpaired) electrons. The molecule has 14 heavy (non-hydrogen) atoms. The van der Waals surface area contributed by atoms with Crippen LogP contribution in [0.25, 0.3) is 0 Å². The number of carbonyl (C=O) groups is 3. The molecule has 0 bridgehead atoms. The van der Waals surface area contributed by atoms with Gasteiger partial charge in [-0.3, -0.25) is 20.1 Å². The van der Waals surface area contributed by atoms with Crippen LogP contribution in [0.2, 0.25) is 0 Å². The highest BCUT2D eigenvalue weighted by Gasteiger charge is 2.27. The molecule has 7 heteroatoms. The van der Waals surface area contributed by atoms with Gasteiger partial charge in [-0.15, -0.1) is 0 Å². The Balaban J connectivity index is 2.64. The van der Waals surface area contributed by atoms with Crippen LogP contribution in [0.4, 0.5) is 0 Å². The molecule has 1 atom stereocenters. The van der Waals surface area contributed by atoms with Gasteiger partial charge in [0.25, 0.3) is 17.7 Å². The SMILES string of the molecule is [NH]C(=O)[C@H](CS)NN1C(=O)C=CC1=O. The zero-order valence-electron chi connectivity index (χ0n) is 7.06. The van der Waals surface area contributed by atoms with Crippen molar-refractivity contribution in [3.05, 3.63) is 12.2 Å². The minimum absolute atomic E-state index is 0.0411. The average molecular weight is 214 g/mol. The molecule has 0 aromatic rings. The summed E-state index contributed by atoms with van der Waals surface area (Å²) in [7, 11) is 0. The van der Waals surface area contributed by atoms with Crippen molar-refractivity contribution in [1.82, 2.24) is 16.2 Å². The molecule has 0 spiro atoms. The molecule has 0 aromatic carbocycles. The number of thiol groups is 1. The molecule has 0 aliphatic carbocycles. The van der Waals surface area contributed by atoms with Crippen molar-refractivity contribution < 1.29 is 14.4 Å². The van der Waals surface area contributed by atoms with E-state index in [1.807, 2.05) is 0 Å². The zero-order chi connectivity index (χ0) is 10.7. The van der Waals surface area contributed by atoms with Crippen LogP contribution in [0.5, 0.6) is 0 Å². The van der Waals surface area contributed by atoms with Crippen molar-refractivity contribution in [3.63, 3.8) is 0 Å². The Hall–Kier alpha value is -1.34. The van der Waals surface area contributed by atoms with Crippen LogP contribution in [0.15, 0.2) is 12.2 Å². The van der Waals surface area contributed by atoms with E-state index in [1.165, 1.54) is 0 Å². The summed E-state index contributed by atoms with van der Waals surface area (Å²) in [6.45, 7) is 0. The molecule has 0 aromatic heterocycles. The molecule has 0 saturated heterocycles. The molecule has 1 aliphatic heterocycles. The van der Waals surface area contributed by atoms with Crippen molar-refractivity contribution in [2.45, 2.75) is 6.04 Å². The summed E-state index contributed by atoms with van der Waals surface area (Å²) < 4.78 is 0. The van der Waals surface area contributed by atoms with Gasteiger partial charge in [0.15, 0.2) is 0 Å². The normalized spacial score (nSPS) is 17.6. The van der Waals surface area contributed by atoms with Crippen molar-refractivity contribution in [1.29, 1.82) is 0 Å². The number of hydrogen-bond donors (Lipinski definition) is 2. The minimum atomic E-state index is -0.953. The third kappa shape index (κ3) is 2.12. The van der Waals surface area contributed by atoms with Gasteiger partial charge >= 0.3 is 0 Å². The third-order valence-electron chi connectivity index (χ3n) is 1.59. The molecule has 75 valence electrons. The zero-order valence-corrected chi connectivity index (χ0v) is 7.95. The molecular weight excluding hydrogens is 206 g/mol. The van der Waals surface area contributed by atoms with Gasteiger partial charge < -0.3 is 0 Å². The molecule has 2 N–H and O–H groups in total. The van der Waals surface area contributed by atoms with Crippen LogP contribution in [0, 0.1) is 0 Å². The number of imide groups is 1. The van der Waals surface area contributed by atoms with Gasteiger partial charge in [-0.1, -0.05) is 0 Å². The Kier molecular flexibility index (Phi) is 3.26. The van der Waals surface area contributed by atoms with E-state index in [1.54, 1.807) is 0 Å². The third-order valence-corrected chi connectivity index (χ3v) is 1.96. The molecule has 1 aliphatic rings. The lowest BCUT2D eigenvalue weighted by Gasteiger charge is -2.19. The summed E-state index contributed by atoms with van der Waals surface area (Å²) in [6, 6.07) is -0.953. The number of amides is 3. The summed E-state index contributed by atoms with van der Waals surface area (Å²) in [5.74, 6) is -1.99. The molecule has 0 unspecified atom stereocenters. The van der Waals surface area contributed by atoms with Crippen LogP contribution in [0.3, 0.4) is 0 Å². The monoisotopic (exact) mass is 214 g/mol. The first-order chi connectivity index (χ1) is 6.56. The fourth-order valence-corrected chi connectivity index (χ4v) is 1.11. The molecule has 3 amide bonds. The largest absolute Gasteiger partial charge is 0.271 e. The lowest BCUT2D eigenvalue weighted by atomic mass is 10.3. The summed E-state index contributed by atoms with van der Waals surface area (Å²) in [4.78, 5) is 32.7. The van der Waals surface area contributed by atoms with E-state index in [0.29, 0.717) is 5.01 Å². The van der Waals surface area contributed by atoms with E-state index in [0.717, 1.165) is 12.2 Å². The summed E-state index contributed by atoms with van der Waals surface area (Å²) in [5, 5.41) is 0.688. The second kappa shape index (κ2) is 4.25. The van der Waals surface area contributed by atoms with Gasteiger partial charge in [0, 0.05) is 17.9 Å². The number of carbonyl (C=O) groups excluding carboxylic acids is 3. The molecule has 6 nitrogen and oxygen atoms in total. The quantitative estimate of drug-likeness (QED) is 0.441. The van der Waals surface area contributed by atoms with Gasteiger partial charge in [0.1, 0.15) is 6.04 Å². The number of nitrogens with zero attached hydrogens (tertiary/aromatic N) is 1. The fourth-order valence-electron chi connectivity index (χ4n) is 0.866. The van der Waals surface area contributed by atoms with E-state index in [-0.39, 0.29) is 5.75 Å². The van der Waals surface area contributed by atoms with Gasteiger partial charge in [-0.05, 0) is 0 Å². The van der Waals surface area contributed by atoms with Crippen molar-refractivity contribution in [2.75, 3.05) is 5.75 Å². The first kappa shape index (κ1) is 10.7. The maximum atomic E-state index is 11.0. The summed E-state index contributed by atoms with van der Waals surface area (Å²) >= 11 is 3.81. The number of nitrogens with one attached hydrogen (secondary N) is 2. The van der Waals surface area contributed by atoms with Gasteiger partial charge in [0.05, 0.1) is 0 Å². The average Bonchev–Trinajstić information content (AvgIpc) is 2.43. The maximum absolute atomic E-state index is 11.0. The lowest BCUT2D eigenvalue weighted by Crippen LogP contribution is -2.52. The van der Waals surface area contributed by atoms with E-state index in [2.05, 4.69) is 18.1 Å². The molecular formula is C7H8N3O3S. The predicted molar refractivity (Wildman–Crippen MR) is 49.9 cm³/mol. The van der Waals surface area contributed by atoms with Crippen LogP contribution in [-0.4, -0.2) is 34.5 Å². The van der Waals surface area contributed by atoms with E-state index in [4.69, 9.17) is 5.73 Å². The Morgan fingerprint density at radius 3 is 2.36 bits per heavy atom. The Morgan fingerprint density at radius 2 is 2.00 bits per heavy atom. The second-order valence-electron chi connectivity index (χ2n) is 2.57. The van der Waals surface area contributed by atoms with Crippen LogP contribution in [0.1, 0.15) is 0 Å². The van der Waals surface area contributed by atoms with E-state index in [9.17, 15) is 14.4 Å². The van der Waals surface area contributed by atoms with Crippen molar-refractivity contribution in [2.24, 2.45) is 0 Å².